The average Bonchev–Trinajstić information content (AvgIpc) is 3.36. The summed E-state index contributed by atoms with van der Waals surface area (Å²) >= 11 is 6.62. The number of fused-ring (bicyclic) bond motifs is 1. The first-order chi connectivity index (χ1) is 16.0. The van der Waals surface area contributed by atoms with Crippen molar-refractivity contribution in [3.8, 4) is 11.3 Å². The molecule has 174 valence electrons. The van der Waals surface area contributed by atoms with Gasteiger partial charge >= 0.3 is 5.97 Å². The van der Waals surface area contributed by atoms with Gasteiger partial charge in [0.2, 0.25) is 0 Å². The molecule has 4 rings (SSSR count). The Bertz CT molecular complexity index is 1440. The summed E-state index contributed by atoms with van der Waals surface area (Å²) in [6.07, 6.45) is 4.27. The number of carbonyl (C=O) groups excluding carboxylic acids is 1. The van der Waals surface area contributed by atoms with E-state index < -0.39 is 11.4 Å². The number of nitrogens with zero attached hydrogens (tertiary/aromatic N) is 2. The molecule has 0 aliphatic rings. The minimum Gasteiger partial charge on any atom is -0.478 e. The SMILES string of the molecule is Cc1cc(C)c(-c2noc(C(C)(C)C)c2C(=O)n2ccc3c(/C=C/C(=O)O)cccc32)c(Cl)c1. The van der Waals surface area contributed by atoms with Crippen molar-refractivity contribution in [3.05, 3.63) is 81.7 Å². The minimum atomic E-state index is -1.04. The standard InChI is InChI=1S/C27H25ClN2O4/c1-15-13-16(2)22(19(28)14-15)24-23(25(34-29-24)27(3,4)5)26(33)30-12-11-18-17(9-10-21(31)32)7-6-8-20(18)30/h6-14H,1-5H3,(H,31,32)/b10-9+. The van der Waals surface area contributed by atoms with Crippen molar-refractivity contribution in [2.75, 3.05) is 0 Å². The van der Waals surface area contributed by atoms with Crippen LogP contribution < -0.4 is 0 Å². The van der Waals surface area contributed by atoms with Crippen LogP contribution >= 0.6 is 11.6 Å². The van der Waals surface area contributed by atoms with Crippen LogP contribution in [0, 0.1) is 13.8 Å². The Morgan fingerprint density at radius 1 is 1.15 bits per heavy atom. The van der Waals surface area contributed by atoms with E-state index in [0.717, 1.165) is 22.6 Å². The van der Waals surface area contributed by atoms with E-state index in [2.05, 4.69) is 5.16 Å². The molecule has 1 N–H and O–H groups in total. The summed E-state index contributed by atoms with van der Waals surface area (Å²) in [5, 5.41) is 14.6. The van der Waals surface area contributed by atoms with Crippen molar-refractivity contribution >= 4 is 40.5 Å². The van der Waals surface area contributed by atoms with E-state index in [1.54, 1.807) is 24.4 Å². The summed E-state index contributed by atoms with van der Waals surface area (Å²) in [5.74, 6) is -0.874. The van der Waals surface area contributed by atoms with Crippen LogP contribution in [0.4, 0.5) is 0 Å². The van der Waals surface area contributed by atoms with Gasteiger partial charge in [-0.05, 0) is 54.8 Å². The fourth-order valence-electron chi connectivity index (χ4n) is 4.18. The van der Waals surface area contributed by atoms with E-state index >= 15 is 0 Å². The lowest BCUT2D eigenvalue weighted by atomic mass is 9.87. The number of aromatic nitrogens is 2. The van der Waals surface area contributed by atoms with E-state index in [9.17, 15) is 9.59 Å². The first kappa shape index (κ1) is 23.5. The Labute approximate surface area is 202 Å². The zero-order valence-electron chi connectivity index (χ0n) is 19.6. The first-order valence-electron chi connectivity index (χ1n) is 10.8. The smallest absolute Gasteiger partial charge is 0.328 e. The predicted molar refractivity (Wildman–Crippen MR) is 133 cm³/mol. The maximum Gasteiger partial charge on any atom is 0.328 e. The molecule has 4 aromatic rings. The molecule has 0 unspecified atom stereocenters. The first-order valence-corrected chi connectivity index (χ1v) is 11.2. The van der Waals surface area contributed by atoms with Crippen molar-refractivity contribution < 1.29 is 19.2 Å². The molecule has 2 aromatic heterocycles. The van der Waals surface area contributed by atoms with E-state index in [1.807, 2.05) is 52.8 Å². The number of hydrogen-bond acceptors (Lipinski definition) is 4. The molecule has 0 amide bonds. The Kier molecular flexibility index (Phi) is 5.96. The van der Waals surface area contributed by atoms with Gasteiger partial charge in [0.25, 0.3) is 5.91 Å². The van der Waals surface area contributed by atoms with Crippen molar-refractivity contribution in [1.82, 2.24) is 9.72 Å². The molecule has 0 saturated heterocycles. The summed E-state index contributed by atoms with van der Waals surface area (Å²) in [4.78, 5) is 25.0. The number of hydrogen-bond donors (Lipinski definition) is 1. The van der Waals surface area contributed by atoms with Crippen LogP contribution in [-0.2, 0) is 10.2 Å². The van der Waals surface area contributed by atoms with Crippen molar-refractivity contribution in [1.29, 1.82) is 0 Å². The molecule has 0 saturated carbocycles. The van der Waals surface area contributed by atoms with E-state index in [-0.39, 0.29) is 5.91 Å². The second-order valence-electron chi connectivity index (χ2n) is 9.37. The Hall–Kier alpha value is -3.64. The van der Waals surface area contributed by atoms with Gasteiger partial charge in [-0.15, -0.1) is 0 Å². The molecule has 7 heteroatoms. The monoisotopic (exact) mass is 476 g/mol. The summed E-state index contributed by atoms with van der Waals surface area (Å²) < 4.78 is 7.29. The summed E-state index contributed by atoms with van der Waals surface area (Å²) in [7, 11) is 0. The second-order valence-corrected chi connectivity index (χ2v) is 9.77. The second kappa shape index (κ2) is 8.61. The number of aryl methyl sites for hydroxylation is 2. The highest BCUT2D eigenvalue weighted by atomic mass is 35.5. The topological polar surface area (TPSA) is 85.3 Å². The van der Waals surface area contributed by atoms with Crippen LogP contribution in [0.5, 0.6) is 0 Å². The normalized spacial score (nSPS) is 12.1. The summed E-state index contributed by atoms with van der Waals surface area (Å²) in [6.45, 7) is 9.77. The molecule has 0 aliphatic carbocycles. The highest BCUT2D eigenvalue weighted by Crippen LogP contribution is 2.39. The molecule has 0 fully saturated rings. The lowest BCUT2D eigenvalue weighted by Crippen LogP contribution is -2.19. The van der Waals surface area contributed by atoms with Gasteiger partial charge in [-0.25, -0.2) is 4.79 Å². The van der Waals surface area contributed by atoms with Crippen LogP contribution in [0.25, 0.3) is 28.2 Å². The van der Waals surface area contributed by atoms with Crippen molar-refractivity contribution in [2.24, 2.45) is 0 Å². The molecule has 0 radical (unpaired) electrons. The number of rotatable bonds is 4. The average molecular weight is 477 g/mol. The zero-order valence-corrected chi connectivity index (χ0v) is 20.4. The highest BCUT2D eigenvalue weighted by molar-refractivity contribution is 6.33. The Morgan fingerprint density at radius 3 is 2.53 bits per heavy atom. The fraction of sp³-hybridized carbons (Fsp3) is 0.222. The zero-order chi connectivity index (χ0) is 24.8. The Balaban J connectivity index is 1.95. The van der Waals surface area contributed by atoms with Crippen LogP contribution in [0.15, 0.2) is 53.2 Å². The van der Waals surface area contributed by atoms with E-state index in [0.29, 0.717) is 38.7 Å². The van der Waals surface area contributed by atoms with Crippen LogP contribution in [0.3, 0.4) is 0 Å². The number of carboxylic acid groups (broad SMARTS) is 1. The summed E-state index contributed by atoms with van der Waals surface area (Å²) in [5.41, 5.74) is 4.19. The van der Waals surface area contributed by atoms with Gasteiger partial charge in [0.15, 0.2) is 5.76 Å². The number of benzene rings is 2. The maximum atomic E-state index is 14.0. The minimum absolute atomic E-state index is 0.299. The molecule has 0 spiro atoms. The fourth-order valence-corrected chi connectivity index (χ4v) is 4.59. The molecule has 0 atom stereocenters. The summed E-state index contributed by atoms with van der Waals surface area (Å²) in [6, 6.07) is 11.0. The van der Waals surface area contributed by atoms with E-state index in [1.165, 1.54) is 10.6 Å². The molecule has 2 aromatic carbocycles. The van der Waals surface area contributed by atoms with Crippen molar-refractivity contribution in [3.63, 3.8) is 0 Å². The molecule has 6 nitrogen and oxygen atoms in total. The number of aliphatic carboxylic acids is 1. The maximum absolute atomic E-state index is 14.0. The van der Waals surface area contributed by atoms with Crippen LogP contribution in [-0.4, -0.2) is 26.7 Å². The number of carbonyl (C=O) groups is 2. The van der Waals surface area contributed by atoms with Gasteiger partial charge in [0, 0.05) is 28.6 Å². The number of halogens is 1. The largest absolute Gasteiger partial charge is 0.478 e. The molecule has 2 heterocycles. The quantitative estimate of drug-likeness (QED) is 0.333. The molecule has 0 aliphatic heterocycles. The van der Waals surface area contributed by atoms with Gasteiger partial charge in [-0.3, -0.25) is 9.36 Å². The highest BCUT2D eigenvalue weighted by Gasteiger charge is 2.33. The van der Waals surface area contributed by atoms with E-state index in [4.69, 9.17) is 21.2 Å². The van der Waals surface area contributed by atoms with Crippen molar-refractivity contribution in [2.45, 2.75) is 40.0 Å². The Morgan fingerprint density at radius 2 is 1.88 bits per heavy atom. The lowest BCUT2D eigenvalue weighted by Gasteiger charge is -2.17. The molecular weight excluding hydrogens is 452 g/mol. The van der Waals surface area contributed by atoms with Gasteiger partial charge in [0.1, 0.15) is 11.3 Å². The van der Waals surface area contributed by atoms with Gasteiger partial charge in [-0.1, -0.05) is 55.7 Å². The third kappa shape index (κ3) is 4.17. The van der Waals surface area contributed by atoms with Crippen LogP contribution in [0.1, 0.15) is 53.6 Å². The number of carboxylic acids is 1. The third-order valence-electron chi connectivity index (χ3n) is 5.65. The van der Waals surface area contributed by atoms with Gasteiger partial charge in [-0.2, -0.15) is 0 Å². The molecule has 0 bridgehead atoms. The lowest BCUT2D eigenvalue weighted by molar-refractivity contribution is -0.131. The van der Waals surface area contributed by atoms with Gasteiger partial charge < -0.3 is 9.63 Å². The molecular formula is C27H25ClN2O4. The van der Waals surface area contributed by atoms with Crippen LogP contribution in [0.2, 0.25) is 5.02 Å². The van der Waals surface area contributed by atoms with Gasteiger partial charge in [0.05, 0.1) is 10.5 Å². The molecule has 34 heavy (non-hydrogen) atoms. The predicted octanol–water partition coefficient (Wildman–Crippen LogP) is 6.65. The third-order valence-corrected chi connectivity index (χ3v) is 5.94.